The van der Waals surface area contributed by atoms with Crippen LogP contribution in [0.15, 0.2) is 18.2 Å². The molecule has 3 heterocycles. The maximum atomic E-state index is 12.9. The van der Waals surface area contributed by atoms with Crippen LogP contribution in [0.25, 0.3) is 10.9 Å². The molecule has 2 amide bonds. The molecule has 3 aromatic rings. The van der Waals surface area contributed by atoms with E-state index in [1.165, 1.54) is 11.3 Å². The van der Waals surface area contributed by atoms with E-state index in [4.69, 9.17) is 4.74 Å². The Morgan fingerprint density at radius 2 is 2.03 bits per heavy atom. The summed E-state index contributed by atoms with van der Waals surface area (Å²) in [4.78, 5) is 35.9. The van der Waals surface area contributed by atoms with E-state index in [9.17, 15) is 9.59 Å². The van der Waals surface area contributed by atoms with Crippen molar-refractivity contribution in [2.45, 2.75) is 53.2 Å². The van der Waals surface area contributed by atoms with Crippen molar-refractivity contribution in [3.05, 3.63) is 45.6 Å². The first-order valence-electron chi connectivity index (χ1n) is 9.98. The molecule has 30 heavy (non-hydrogen) atoms. The van der Waals surface area contributed by atoms with Gasteiger partial charge in [-0.05, 0) is 46.2 Å². The highest BCUT2D eigenvalue weighted by Gasteiger charge is 2.28. The summed E-state index contributed by atoms with van der Waals surface area (Å²) < 4.78 is 5.47. The van der Waals surface area contributed by atoms with Crippen molar-refractivity contribution in [1.29, 1.82) is 0 Å². The molecule has 0 unspecified atom stereocenters. The van der Waals surface area contributed by atoms with Crippen molar-refractivity contribution in [3.8, 4) is 0 Å². The lowest BCUT2D eigenvalue weighted by molar-refractivity contribution is 0.0225. The number of carbonyl (C=O) groups is 2. The molecule has 2 aromatic heterocycles. The Labute approximate surface area is 179 Å². The molecular weight excluding hydrogens is 400 g/mol. The molecule has 0 saturated carbocycles. The summed E-state index contributed by atoms with van der Waals surface area (Å²) in [5.41, 5.74) is 4.03. The van der Waals surface area contributed by atoms with Crippen LogP contribution in [0.4, 0.5) is 9.93 Å². The second kappa shape index (κ2) is 7.43. The minimum atomic E-state index is -0.528. The maximum absolute atomic E-state index is 12.9. The largest absolute Gasteiger partial charge is 0.444 e. The van der Waals surface area contributed by atoms with Crippen LogP contribution in [0, 0.1) is 13.8 Å². The van der Waals surface area contributed by atoms with Gasteiger partial charge < -0.3 is 14.6 Å². The fourth-order valence-corrected chi connectivity index (χ4v) is 4.59. The summed E-state index contributed by atoms with van der Waals surface area (Å²) in [6.07, 6.45) is 0.322. The molecule has 0 atom stereocenters. The molecule has 8 heteroatoms. The fraction of sp³-hybridized carbons (Fsp3) is 0.409. The standard InChI is InChI=1S/C22H26N4O3S/c1-12-13(2)23-18-14(12)7-6-8-15(18)19(27)25-20-24-16-9-10-26(11-17(16)30-20)21(28)29-22(3,4)5/h6-8,23H,9-11H2,1-5H3,(H,24,25,27). The Bertz CT molecular complexity index is 1140. The smallest absolute Gasteiger partial charge is 0.410 e. The van der Waals surface area contributed by atoms with Gasteiger partial charge in [-0.3, -0.25) is 10.1 Å². The molecule has 2 N–H and O–H groups in total. The van der Waals surface area contributed by atoms with Gasteiger partial charge in [0, 0.05) is 28.9 Å². The van der Waals surface area contributed by atoms with E-state index in [0.29, 0.717) is 30.2 Å². The number of ether oxygens (including phenoxy) is 1. The molecule has 0 spiro atoms. The molecule has 0 aliphatic carbocycles. The number of aromatic amines is 1. The van der Waals surface area contributed by atoms with E-state index >= 15 is 0 Å². The molecule has 1 aliphatic heterocycles. The number of hydrogen-bond acceptors (Lipinski definition) is 5. The highest BCUT2D eigenvalue weighted by Crippen LogP contribution is 2.30. The lowest BCUT2D eigenvalue weighted by Gasteiger charge is -2.29. The Hall–Kier alpha value is -2.87. The number of hydrogen-bond donors (Lipinski definition) is 2. The first kappa shape index (κ1) is 20.4. The number of rotatable bonds is 2. The molecule has 0 saturated heterocycles. The van der Waals surface area contributed by atoms with Crippen LogP contribution in [0.3, 0.4) is 0 Å². The van der Waals surface area contributed by atoms with Gasteiger partial charge in [-0.25, -0.2) is 9.78 Å². The zero-order valence-electron chi connectivity index (χ0n) is 17.9. The topological polar surface area (TPSA) is 87.3 Å². The molecule has 4 rings (SSSR count). The predicted molar refractivity (Wildman–Crippen MR) is 118 cm³/mol. The van der Waals surface area contributed by atoms with Gasteiger partial charge >= 0.3 is 6.09 Å². The number of H-pyrrole nitrogens is 1. The monoisotopic (exact) mass is 426 g/mol. The quantitative estimate of drug-likeness (QED) is 0.617. The van der Waals surface area contributed by atoms with Gasteiger partial charge in [-0.1, -0.05) is 23.5 Å². The van der Waals surface area contributed by atoms with Crippen molar-refractivity contribution in [2.24, 2.45) is 0 Å². The average molecular weight is 427 g/mol. The van der Waals surface area contributed by atoms with E-state index < -0.39 is 5.60 Å². The van der Waals surface area contributed by atoms with Crippen molar-refractivity contribution < 1.29 is 14.3 Å². The van der Waals surface area contributed by atoms with Crippen LogP contribution in [0.1, 0.15) is 53.0 Å². The van der Waals surface area contributed by atoms with E-state index in [-0.39, 0.29) is 12.0 Å². The van der Waals surface area contributed by atoms with Crippen molar-refractivity contribution in [3.63, 3.8) is 0 Å². The van der Waals surface area contributed by atoms with E-state index in [2.05, 4.69) is 15.3 Å². The fourth-order valence-electron chi connectivity index (χ4n) is 3.57. The second-order valence-corrected chi connectivity index (χ2v) is 9.68. The minimum Gasteiger partial charge on any atom is -0.444 e. The number of nitrogens with zero attached hydrogens (tertiary/aromatic N) is 2. The summed E-state index contributed by atoms with van der Waals surface area (Å²) in [6, 6.07) is 5.71. The first-order valence-corrected chi connectivity index (χ1v) is 10.8. The zero-order chi connectivity index (χ0) is 21.6. The van der Waals surface area contributed by atoms with Gasteiger partial charge in [-0.15, -0.1) is 0 Å². The van der Waals surface area contributed by atoms with Crippen LogP contribution in [-0.4, -0.2) is 39.0 Å². The van der Waals surface area contributed by atoms with Crippen LogP contribution >= 0.6 is 11.3 Å². The molecular formula is C22H26N4O3S. The number of fused-ring (bicyclic) bond motifs is 2. The normalized spacial score (nSPS) is 14.0. The highest BCUT2D eigenvalue weighted by atomic mass is 32.1. The highest BCUT2D eigenvalue weighted by molar-refractivity contribution is 7.15. The number of aryl methyl sites for hydroxylation is 2. The summed E-state index contributed by atoms with van der Waals surface area (Å²) >= 11 is 1.41. The summed E-state index contributed by atoms with van der Waals surface area (Å²) in [5.74, 6) is -0.197. The molecule has 1 aromatic carbocycles. The maximum Gasteiger partial charge on any atom is 0.410 e. The number of anilines is 1. The third-order valence-electron chi connectivity index (χ3n) is 5.19. The number of benzene rings is 1. The van der Waals surface area contributed by atoms with Crippen LogP contribution in [0.5, 0.6) is 0 Å². The first-order chi connectivity index (χ1) is 14.1. The van der Waals surface area contributed by atoms with Gasteiger partial charge in [0.2, 0.25) is 0 Å². The summed E-state index contributed by atoms with van der Waals surface area (Å²) in [6.45, 7) is 10.6. The Balaban J connectivity index is 1.51. The molecule has 0 radical (unpaired) electrons. The molecule has 0 bridgehead atoms. The van der Waals surface area contributed by atoms with E-state index in [1.807, 2.05) is 52.8 Å². The minimum absolute atomic E-state index is 0.197. The third-order valence-corrected chi connectivity index (χ3v) is 6.19. The van der Waals surface area contributed by atoms with E-state index in [1.54, 1.807) is 4.90 Å². The average Bonchev–Trinajstić information content (AvgIpc) is 3.19. The number of carbonyl (C=O) groups excluding carboxylic acids is 2. The molecule has 0 fully saturated rings. The van der Waals surface area contributed by atoms with Crippen LogP contribution in [0.2, 0.25) is 0 Å². The number of para-hydroxylation sites is 1. The Kier molecular flexibility index (Phi) is 5.05. The van der Waals surface area contributed by atoms with E-state index in [0.717, 1.165) is 32.7 Å². The lowest BCUT2D eigenvalue weighted by Crippen LogP contribution is -2.39. The molecule has 7 nitrogen and oxygen atoms in total. The van der Waals surface area contributed by atoms with Gasteiger partial charge in [0.1, 0.15) is 5.60 Å². The van der Waals surface area contributed by atoms with Gasteiger partial charge in [-0.2, -0.15) is 0 Å². The van der Waals surface area contributed by atoms with Crippen molar-refractivity contribution >= 4 is 39.4 Å². The van der Waals surface area contributed by atoms with Gasteiger partial charge in [0.15, 0.2) is 5.13 Å². The summed E-state index contributed by atoms with van der Waals surface area (Å²) in [5, 5.41) is 4.53. The number of nitrogens with one attached hydrogen (secondary N) is 2. The number of aromatic nitrogens is 2. The molecule has 158 valence electrons. The van der Waals surface area contributed by atoms with Crippen molar-refractivity contribution in [1.82, 2.24) is 14.9 Å². The predicted octanol–water partition coefficient (Wildman–Crippen LogP) is 4.79. The zero-order valence-corrected chi connectivity index (χ0v) is 18.7. The summed E-state index contributed by atoms with van der Waals surface area (Å²) in [7, 11) is 0. The van der Waals surface area contributed by atoms with Crippen molar-refractivity contribution in [2.75, 3.05) is 11.9 Å². The van der Waals surface area contributed by atoms with Gasteiger partial charge in [0.05, 0.1) is 23.3 Å². The number of amides is 2. The molecule has 1 aliphatic rings. The Morgan fingerprint density at radius 1 is 1.27 bits per heavy atom. The SMILES string of the molecule is Cc1[nH]c2c(C(=O)Nc3nc4c(s3)CN(C(=O)OC(C)(C)C)CC4)cccc2c1C. The van der Waals surface area contributed by atoms with Crippen LogP contribution < -0.4 is 5.32 Å². The van der Waals surface area contributed by atoms with Gasteiger partial charge in [0.25, 0.3) is 5.91 Å². The number of thiazole rings is 1. The second-order valence-electron chi connectivity index (χ2n) is 8.60. The third kappa shape index (κ3) is 3.92. The lowest BCUT2D eigenvalue weighted by atomic mass is 10.1. The van der Waals surface area contributed by atoms with Crippen LogP contribution in [-0.2, 0) is 17.7 Å². The Morgan fingerprint density at radius 3 is 2.77 bits per heavy atom.